The monoisotopic (exact) mass is 353 g/mol. The Morgan fingerprint density at radius 1 is 1.36 bits per heavy atom. The van der Waals surface area contributed by atoms with Crippen molar-refractivity contribution in [1.29, 1.82) is 0 Å². The van der Waals surface area contributed by atoms with Crippen LogP contribution in [0, 0.1) is 5.92 Å². The molecule has 3 heterocycles. The number of imidazole rings is 1. The highest BCUT2D eigenvalue weighted by Crippen LogP contribution is 2.30. The summed E-state index contributed by atoms with van der Waals surface area (Å²) in [6.07, 6.45) is -0.736. The topological polar surface area (TPSA) is 66.8 Å². The number of aromatic amines is 1. The van der Waals surface area contributed by atoms with E-state index in [9.17, 15) is 18.0 Å². The number of hydrogen-bond acceptors (Lipinski definition) is 3. The summed E-state index contributed by atoms with van der Waals surface area (Å²) < 4.78 is 39.9. The second-order valence-corrected chi connectivity index (χ2v) is 6.84. The van der Waals surface area contributed by atoms with Crippen LogP contribution < -0.4 is 0 Å². The lowest BCUT2D eigenvalue weighted by Crippen LogP contribution is -2.39. The second kappa shape index (κ2) is 5.60. The molecule has 0 fully saturated rings. The highest BCUT2D eigenvalue weighted by atomic mass is 19.4. The highest BCUT2D eigenvalue weighted by molar-refractivity contribution is 5.94. The number of aryl methyl sites for hydroxylation is 1. The van der Waals surface area contributed by atoms with Gasteiger partial charge < -0.3 is 9.47 Å². The van der Waals surface area contributed by atoms with E-state index in [2.05, 4.69) is 22.1 Å². The Labute approximate surface area is 142 Å². The maximum absolute atomic E-state index is 12.8. The number of alkyl halides is 3. The van der Waals surface area contributed by atoms with E-state index in [1.807, 2.05) is 0 Å². The molecule has 6 nitrogen and oxygen atoms in total. The molecule has 9 heteroatoms. The van der Waals surface area contributed by atoms with Crippen molar-refractivity contribution in [2.45, 2.75) is 45.5 Å². The highest BCUT2D eigenvalue weighted by Gasteiger charge is 2.36. The zero-order chi connectivity index (χ0) is 17.8. The van der Waals surface area contributed by atoms with Gasteiger partial charge in [-0.1, -0.05) is 6.92 Å². The average molecular weight is 353 g/mol. The van der Waals surface area contributed by atoms with E-state index in [1.165, 1.54) is 9.47 Å². The lowest BCUT2D eigenvalue weighted by atomic mass is 9.87. The van der Waals surface area contributed by atoms with Crippen LogP contribution in [0.2, 0.25) is 0 Å². The van der Waals surface area contributed by atoms with Crippen LogP contribution in [0.25, 0.3) is 0 Å². The molecule has 0 bridgehead atoms. The second-order valence-electron chi connectivity index (χ2n) is 6.84. The van der Waals surface area contributed by atoms with Crippen molar-refractivity contribution < 1.29 is 18.0 Å². The van der Waals surface area contributed by atoms with Crippen molar-refractivity contribution in [3.8, 4) is 0 Å². The number of hydrogen-bond donors (Lipinski definition) is 1. The number of fused-ring (bicyclic) bond motifs is 2. The first-order valence-corrected chi connectivity index (χ1v) is 8.31. The number of amides is 1. The molecule has 134 valence electrons. The maximum atomic E-state index is 12.8. The van der Waals surface area contributed by atoms with Crippen molar-refractivity contribution in [2.24, 2.45) is 5.92 Å². The molecule has 2 aliphatic rings. The van der Waals surface area contributed by atoms with Gasteiger partial charge in [0, 0.05) is 30.5 Å². The van der Waals surface area contributed by atoms with E-state index in [0.717, 1.165) is 36.7 Å². The Hall–Kier alpha value is -2.32. The summed E-state index contributed by atoms with van der Waals surface area (Å²) in [7, 11) is 0. The van der Waals surface area contributed by atoms with Crippen LogP contribution >= 0.6 is 0 Å². The normalized spacial score (nSPS) is 20.3. The molecule has 0 saturated carbocycles. The molecule has 25 heavy (non-hydrogen) atoms. The van der Waals surface area contributed by atoms with Gasteiger partial charge in [0.2, 0.25) is 0 Å². The van der Waals surface area contributed by atoms with E-state index in [-0.39, 0.29) is 18.3 Å². The molecule has 0 aromatic carbocycles. The first kappa shape index (κ1) is 16.2. The van der Waals surface area contributed by atoms with Gasteiger partial charge in [0.05, 0.1) is 6.54 Å². The molecule has 1 aliphatic carbocycles. The van der Waals surface area contributed by atoms with Crippen LogP contribution in [0.3, 0.4) is 0 Å². The SMILES string of the molecule is C[C@@H]1CCc2[nH]nc(C(=O)N3CCn4cc(C(F)(F)F)nc4C3)c2C1. The molecule has 1 aliphatic heterocycles. The third-order valence-electron chi connectivity index (χ3n) is 4.98. The summed E-state index contributed by atoms with van der Waals surface area (Å²) in [5.74, 6) is 0.505. The van der Waals surface area contributed by atoms with Crippen molar-refractivity contribution in [3.63, 3.8) is 0 Å². The Morgan fingerprint density at radius 2 is 2.16 bits per heavy atom. The van der Waals surface area contributed by atoms with Crippen LogP contribution in [-0.4, -0.2) is 37.1 Å². The maximum Gasteiger partial charge on any atom is 0.434 e. The van der Waals surface area contributed by atoms with Crippen LogP contribution in [0.1, 0.15) is 46.6 Å². The zero-order valence-electron chi connectivity index (χ0n) is 13.7. The fourth-order valence-corrected chi connectivity index (χ4v) is 3.56. The lowest BCUT2D eigenvalue weighted by Gasteiger charge is -2.27. The molecule has 0 radical (unpaired) electrons. The predicted octanol–water partition coefficient (Wildman–Crippen LogP) is 2.41. The summed E-state index contributed by atoms with van der Waals surface area (Å²) >= 11 is 0. The third-order valence-corrected chi connectivity index (χ3v) is 4.98. The lowest BCUT2D eigenvalue weighted by molar-refractivity contribution is -0.141. The minimum absolute atomic E-state index is 0.0616. The first-order chi connectivity index (χ1) is 11.8. The predicted molar refractivity (Wildman–Crippen MR) is 81.7 cm³/mol. The third kappa shape index (κ3) is 2.81. The fourth-order valence-electron chi connectivity index (χ4n) is 3.56. The molecular weight excluding hydrogens is 335 g/mol. The standard InChI is InChI=1S/C16H18F3N5O/c1-9-2-3-11-10(6-9)14(22-21-11)15(25)24-5-4-23-7-12(16(17,18)19)20-13(23)8-24/h7,9H,2-6,8H2,1H3,(H,21,22)/t9-/m1/s1. The number of aromatic nitrogens is 4. The van der Waals surface area contributed by atoms with E-state index < -0.39 is 11.9 Å². The Morgan fingerprint density at radius 3 is 2.92 bits per heavy atom. The number of carbonyl (C=O) groups is 1. The van der Waals surface area contributed by atoms with Gasteiger partial charge in [-0.3, -0.25) is 9.89 Å². The summed E-state index contributed by atoms with van der Waals surface area (Å²) in [5.41, 5.74) is 1.44. The van der Waals surface area contributed by atoms with E-state index in [0.29, 0.717) is 24.7 Å². The average Bonchev–Trinajstić information content (AvgIpc) is 3.16. The number of nitrogens with one attached hydrogen (secondary N) is 1. The fraction of sp³-hybridized carbons (Fsp3) is 0.562. The van der Waals surface area contributed by atoms with Gasteiger partial charge >= 0.3 is 6.18 Å². The summed E-state index contributed by atoms with van der Waals surface area (Å²) in [4.78, 5) is 18.0. The van der Waals surface area contributed by atoms with Gasteiger partial charge in [0.15, 0.2) is 11.4 Å². The van der Waals surface area contributed by atoms with Crippen LogP contribution in [0.15, 0.2) is 6.20 Å². The molecule has 4 rings (SSSR count). The molecule has 0 saturated heterocycles. The quantitative estimate of drug-likeness (QED) is 0.856. The van der Waals surface area contributed by atoms with E-state index >= 15 is 0 Å². The summed E-state index contributed by atoms with van der Waals surface area (Å²) in [6, 6.07) is 0. The van der Waals surface area contributed by atoms with Crippen molar-refractivity contribution in [1.82, 2.24) is 24.6 Å². The number of carbonyl (C=O) groups excluding carboxylic acids is 1. The molecule has 0 spiro atoms. The van der Waals surface area contributed by atoms with Gasteiger partial charge in [-0.05, 0) is 25.2 Å². The minimum atomic E-state index is -4.48. The number of nitrogens with zero attached hydrogens (tertiary/aromatic N) is 4. The zero-order valence-corrected chi connectivity index (χ0v) is 13.7. The van der Waals surface area contributed by atoms with E-state index in [4.69, 9.17) is 0 Å². The molecule has 2 aromatic heterocycles. The van der Waals surface area contributed by atoms with Crippen LogP contribution in [0.5, 0.6) is 0 Å². The number of rotatable bonds is 1. The first-order valence-electron chi connectivity index (χ1n) is 8.31. The Bertz CT molecular complexity index is 822. The largest absolute Gasteiger partial charge is 0.434 e. The van der Waals surface area contributed by atoms with Crippen LogP contribution in [-0.2, 0) is 32.1 Å². The summed E-state index contributed by atoms with van der Waals surface area (Å²) in [5, 5.41) is 7.13. The van der Waals surface area contributed by atoms with Gasteiger partial charge in [-0.2, -0.15) is 18.3 Å². The smallest absolute Gasteiger partial charge is 0.331 e. The molecule has 2 aromatic rings. The molecule has 1 amide bonds. The van der Waals surface area contributed by atoms with Crippen molar-refractivity contribution >= 4 is 5.91 Å². The molecule has 1 N–H and O–H groups in total. The van der Waals surface area contributed by atoms with Gasteiger partial charge in [0.1, 0.15) is 5.82 Å². The molecule has 1 atom stereocenters. The van der Waals surface area contributed by atoms with Crippen molar-refractivity contribution in [3.05, 3.63) is 34.7 Å². The van der Waals surface area contributed by atoms with Gasteiger partial charge in [0.25, 0.3) is 5.91 Å². The number of H-pyrrole nitrogens is 1. The summed E-state index contributed by atoms with van der Waals surface area (Å²) in [6.45, 7) is 2.84. The number of halogens is 3. The van der Waals surface area contributed by atoms with Gasteiger partial charge in [-0.25, -0.2) is 4.98 Å². The Balaban J connectivity index is 1.57. The van der Waals surface area contributed by atoms with Crippen LogP contribution in [0.4, 0.5) is 13.2 Å². The molecular formula is C16H18F3N5O. The molecule has 0 unspecified atom stereocenters. The van der Waals surface area contributed by atoms with Crippen molar-refractivity contribution in [2.75, 3.05) is 6.54 Å². The minimum Gasteiger partial charge on any atom is -0.331 e. The van der Waals surface area contributed by atoms with E-state index in [1.54, 1.807) is 0 Å². The van der Waals surface area contributed by atoms with Gasteiger partial charge in [-0.15, -0.1) is 0 Å². The Kier molecular flexibility index (Phi) is 3.62.